The van der Waals surface area contributed by atoms with Crippen molar-refractivity contribution in [3.8, 4) is 0 Å². The number of carbonyl (C=O) groups excluding carboxylic acids is 1. The summed E-state index contributed by atoms with van der Waals surface area (Å²) in [6.07, 6.45) is 1.95. The van der Waals surface area contributed by atoms with Crippen molar-refractivity contribution in [3.05, 3.63) is 40.9 Å². The summed E-state index contributed by atoms with van der Waals surface area (Å²) in [5.41, 5.74) is 0.707. The first kappa shape index (κ1) is 12.3. The van der Waals surface area contributed by atoms with E-state index in [9.17, 15) is 4.79 Å². The monoisotopic (exact) mass is 285 g/mol. The molecule has 2 nitrogen and oxygen atoms in total. The Balaban J connectivity index is 2.77. The molecule has 0 aliphatic rings. The molecule has 0 heterocycles. The van der Waals surface area contributed by atoms with Gasteiger partial charge in [-0.3, -0.25) is 4.79 Å². The van der Waals surface area contributed by atoms with Crippen LogP contribution in [0.15, 0.2) is 40.2 Å². The number of carbonyl (C=O) groups is 1. The zero-order valence-electron chi connectivity index (χ0n) is 8.42. The fourth-order valence-corrected chi connectivity index (χ4v) is 1.84. The van der Waals surface area contributed by atoms with Gasteiger partial charge in [0.15, 0.2) is 0 Å². The number of benzene rings is 1. The smallest absolute Gasteiger partial charge is 0.252 e. The van der Waals surface area contributed by atoms with Gasteiger partial charge in [-0.15, -0.1) is 11.8 Å². The zero-order valence-corrected chi connectivity index (χ0v) is 10.8. The maximum Gasteiger partial charge on any atom is 0.252 e. The first-order chi connectivity index (χ1) is 7.15. The molecule has 15 heavy (non-hydrogen) atoms. The van der Waals surface area contributed by atoms with Gasteiger partial charge >= 0.3 is 0 Å². The Morgan fingerprint density at radius 2 is 2.20 bits per heavy atom. The Kier molecular flexibility index (Phi) is 4.91. The van der Waals surface area contributed by atoms with E-state index in [2.05, 4.69) is 27.8 Å². The maximum atomic E-state index is 11.7. The number of rotatable bonds is 4. The second kappa shape index (κ2) is 5.98. The summed E-state index contributed by atoms with van der Waals surface area (Å²) >= 11 is 4.76. The van der Waals surface area contributed by atoms with Crippen LogP contribution in [0.25, 0.3) is 0 Å². The molecule has 0 fully saturated rings. The molecule has 0 aromatic heterocycles. The Labute approximate surface area is 102 Å². The Morgan fingerprint density at radius 1 is 1.53 bits per heavy atom. The van der Waals surface area contributed by atoms with Gasteiger partial charge in [0.25, 0.3) is 5.91 Å². The topological polar surface area (TPSA) is 29.1 Å². The number of thioether (sulfide) groups is 1. The number of halogens is 1. The van der Waals surface area contributed by atoms with Crippen LogP contribution in [0.1, 0.15) is 10.4 Å². The van der Waals surface area contributed by atoms with Crippen LogP contribution in [0, 0.1) is 0 Å². The van der Waals surface area contributed by atoms with Crippen molar-refractivity contribution >= 4 is 33.6 Å². The van der Waals surface area contributed by atoms with Crippen molar-refractivity contribution in [3.63, 3.8) is 0 Å². The highest BCUT2D eigenvalue weighted by Gasteiger charge is 2.09. The van der Waals surface area contributed by atoms with E-state index >= 15 is 0 Å². The van der Waals surface area contributed by atoms with E-state index in [1.165, 1.54) is 0 Å². The van der Waals surface area contributed by atoms with Crippen LogP contribution in [0.4, 0.5) is 0 Å². The Morgan fingerprint density at radius 3 is 2.80 bits per heavy atom. The first-order valence-corrected chi connectivity index (χ1v) is 6.41. The van der Waals surface area contributed by atoms with Gasteiger partial charge < -0.3 is 5.32 Å². The number of hydrogen-bond acceptors (Lipinski definition) is 2. The Hall–Kier alpha value is -0.740. The lowest BCUT2D eigenvalue weighted by molar-refractivity contribution is 0.0955. The van der Waals surface area contributed by atoms with Gasteiger partial charge in [-0.25, -0.2) is 0 Å². The second-order valence-corrected chi connectivity index (χ2v) is 4.87. The normalized spacial score (nSPS) is 9.73. The van der Waals surface area contributed by atoms with Gasteiger partial charge in [-0.05, 0) is 18.4 Å². The molecule has 1 N–H and O–H groups in total. The Bertz CT molecular complexity index is 379. The SMILES string of the molecule is C=C(Br)CNC(=O)c1ccccc1SC. The van der Waals surface area contributed by atoms with Crippen LogP contribution in [0.3, 0.4) is 0 Å². The molecule has 0 bridgehead atoms. The molecule has 0 saturated heterocycles. The van der Waals surface area contributed by atoms with Crippen molar-refractivity contribution in [2.45, 2.75) is 4.90 Å². The van der Waals surface area contributed by atoms with Crippen LogP contribution in [-0.2, 0) is 0 Å². The van der Waals surface area contributed by atoms with Gasteiger partial charge in [0, 0.05) is 15.9 Å². The summed E-state index contributed by atoms with van der Waals surface area (Å²) in [5.74, 6) is -0.0689. The lowest BCUT2D eigenvalue weighted by Crippen LogP contribution is -2.24. The minimum absolute atomic E-state index is 0.0689. The molecule has 0 spiro atoms. The number of hydrogen-bond donors (Lipinski definition) is 1. The molecule has 1 rings (SSSR count). The molecule has 0 saturated carbocycles. The summed E-state index contributed by atoms with van der Waals surface area (Å²) in [6, 6.07) is 7.53. The minimum atomic E-state index is -0.0689. The van der Waals surface area contributed by atoms with Crippen LogP contribution in [-0.4, -0.2) is 18.7 Å². The molecule has 0 aliphatic heterocycles. The van der Waals surface area contributed by atoms with E-state index in [4.69, 9.17) is 0 Å². The van der Waals surface area contributed by atoms with Crippen LogP contribution >= 0.6 is 27.7 Å². The molecular formula is C11H12BrNOS. The summed E-state index contributed by atoms with van der Waals surface area (Å²) in [5, 5.41) is 2.77. The summed E-state index contributed by atoms with van der Waals surface area (Å²) < 4.78 is 0.762. The predicted molar refractivity (Wildman–Crippen MR) is 68.6 cm³/mol. The molecule has 1 aromatic carbocycles. The highest BCUT2D eigenvalue weighted by Crippen LogP contribution is 2.19. The average molecular weight is 286 g/mol. The van der Waals surface area contributed by atoms with Crippen molar-refractivity contribution in [2.75, 3.05) is 12.8 Å². The zero-order chi connectivity index (χ0) is 11.3. The van der Waals surface area contributed by atoms with Crippen LogP contribution in [0.2, 0.25) is 0 Å². The second-order valence-electron chi connectivity index (χ2n) is 2.90. The standard InChI is InChI=1S/C11H12BrNOS/c1-8(12)7-13-11(14)9-5-3-4-6-10(9)15-2/h3-6H,1,7H2,2H3,(H,13,14). The third kappa shape index (κ3) is 3.72. The molecule has 80 valence electrons. The third-order valence-electron chi connectivity index (χ3n) is 1.79. The highest BCUT2D eigenvalue weighted by atomic mass is 79.9. The fraction of sp³-hybridized carbons (Fsp3) is 0.182. The number of amides is 1. The molecule has 0 unspecified atom stereocenters. The van der Waals surface area contributed by atoms with Gasteiger partial charge in [0.05, 0.1) is 5.56 Å². The summed E-state index contributed by atoms with van der Waals surface area (Å²) in [4.78, 5) is 12.7. The molecule has 0 aliphatic carbocycles. The van der Waals surface area contributed by atoms with Gasteiger partial charge in [0.2, 0.25) is 0 Å². The van der Waals surface area contributed by atoms with E-state index in [0.29, 0.717) is 12.1 Å². The minimum Gasteiger partial charge on any atom is -0.347 e. The fourth-order valence-electron chi connectivity index (χ4n) is 1.10. The van der Waals surface area contributed by atoms with E-state index in [1.54, 1.807) is 11.8 Å². The van der Waals surface area contributed by atoms with E-state index < -0.39 is 0 Å². The van der Waals surface area contributed by atoms with Crippen molar-refractivity contribution in [2.24, 2.45) is 0 Å². The van der Waals surface area contributed by atoms with E-state index in [1.807, 2.05) is 30.5 Å². The average Bonchev–Trinajstić information content (AvgIpc) is 2.25. The molecular weight excluding hydrogens is 274 g/mol. The summed E-state index contributed by atoms with van der Waals surface area (Å²) in [6.45, 7) is 4.11. The van der Waals surface area contributed by atoms with Crippen molar-refractivity contribution in [1.29, 1.82) is 0 Å². The quantitative estimate of drug-likeness (QED) is 0.862. The van der Waals surface area contributed by atoms with Crippen LogP contribution < -0.4 is 5.32 Å². The molecule has 1 amide bonds. The van der Waals surface area contributed by atoms with E-state index in [0.717, 1.165) is 9.38 Å². The van der Waals surface area contributed by atoms with Gasteiger partial charge in [-0.1, -0.05) is 34.6 Å². The lowest BCUT2D eigenvalue weighted by Gasteiger charge is -2.07. The molecule has 0 atom stereocenters. The summed E-state index contributed by atoms with van der Waals surface area (Å²) in [7, 11) is 0. The molecule has 1 aromatic rings. The third-order valence-corrected chi connectivity index (χ3v) is 2.87. The molecule has 4 heteroatoms. The van der Waals surface area contributed by atoms with Crippen molar-refractivity contribution < 1.29 is 4.79 Å². The molecule has 0 radical (unpaired) electrons. The van der Waals surface area contributed by atoms with E-state index in [-0.39, 0.29) is 5.91 Å². The number of nitrogens with one attached hydrogen (secondary N) is 1. The van der Waals surface area contributed by atoms with Crippen molar-refractivity contribution in [1.82, 2.24) is 5.32 Å². The maximum absolute atomic E-state index is 11.7. The highest BCUT2D eigenvalue weighted by molar-refractivity contribution is 9.11. The lowest BCUT2D eigenvalue weighted by atomic mass is 10.2. The first-order valence-electron chi connectivity index (χ1n) is 4.39. The van der Waals surface area contributed by atoms with Crippen LogP contribution in [0.5, 0.6) is 0 Å². The predicted octanol–water partition coefficient (Wildman–Crippen LogP) is 3.05. The largest absolute Gasteiger partial charge is 0.347 e. The van der Waals surface area contributed by atoms with Gasteiger partial charge in [0.1, 0.15) is 0 Å². The van der Waals surface area contributed by atoms with Gasteiger partial charge in [-0.2, -0.15) is 0 Å².